The van der Waals surface area contributed by atoms with Gasteiger partial charge in [-0.1, -0.05) is 0 Å². The van der Waals surface area contributed by atoms with Gasteiger partial charge in [0.15, 0.2) is 6.26 Å². The van der Waals surface area contributed by atoms with E-state index < -0.39 is 6.36 Å². The lowest BCUT2D eigenvalue weighted by atomic mass is 10.2. The molecule has 2 rings (SSSR count). The van der Waals surface area contributed by atoms with Crippen molar-refractivity contribution in [2.45, 2.75) is 6.36 Å². The lowest BCUT2D eigenvalue weighted by Crippen LogP contribution is -2.16. The van der Waals surface area contributed by atoms with E-state index in [1.54, 1.807) is 12.1 Å². The van der Waals surface area contributed by atoms with Crippen molar-refractivity contribution in [1.29, 1.82) is 0 Å². The minimum absolute atomic E-state index is 0.258. The normalized spacial score (nSPS) is 11.4. The Bertz CT molecular complexity index is 443. The van der Waals surface area contributed by atoms with E-state index in [-0.39, 0.29) is 5.75 Å². The summed E-state index contributed by atoms with van der Waals surface area (Å²) >= 11 is 0. The molecule has 0 N–H and O–H groups in total. The number of furan rings is 1. The summed E-state index contributed by atoms with van der Waals surface area (Å²) in [5.41, 5.74) is 0.663. The maximum Gasteiger partial charge on any atom is 0.573 e. The summed E-state index contributed by atoms with van der Waals surface area (Å²) < 4.78 is 44.3. The first-order chi connectivity index (χ1) is 7.54. The molecular weight excluding hydrogens is 221 g/mol. The molecule has 0 aliphatic rings. The highest BCUT2D eigenvalue weighted by Gasteiger charge is 2.30. The van der Waals surface area contributed by atoms with Crippen molar-refractivity contribution in [2.24, 2.45) is 0 Å². The van der Waals surface area contributed by atoms with Crippen LogP contribution in [0.2, 0.25) is 0 Å². The van der Waals surface area contributed by atoms with E-state index in [1.165, 1.54) is 24.3 Å². The van der Waals surface area contributed by atoms with Gasteiger partial charge in [0.25, 0.3) is 0 Å². The van der Waals surface area contributed by atoms with E-state index >= 15 is 0 Å². The van der Waals surface area contributed by atoms with Crippen LogP contribution in [-0.2, 0) is 0 Å². The highest BCUT2D eigenvalue weighted by atomic mass is 19.4. The van der Waals surface area contributed by atoms with E-state index in [9.17, 15) is 13.2 Å². The third-order valence-corrected chi connectivity index (χ3v) is 1.84. The summed E-state index contributed by atoms with van der Waals surface area (Å²) in [5.74, 6) is 0.283. The highest BCUT2D eigenvalue weighted by Crippen LogP contribution is 2.26. The van der Waals surface area contributed by atoms with E-state index in [1.807, 2.05) is 0 Å². The Kier molecular flexibility index (Phi) is 2.60. The monoisotopic (exact) mass is 227 g/mol. The average molecular weight is 227 g/mol. The molecular formula is C11H6F3O2. The van der Waals surface area contributed by atoms with Crippen LogP contribution in [0.25, 0.3) is 11.3 Å². The third-order valence-electron chi connectivity index (χ3n) is 1.84. The van der Waals surface area contributed by atoms with Crippen molar-refractivity contribution in [3.8, 4) is 17.1 Å². The molecule has 0 amide bonds. The first kappa shape index (κ1) is 10.6. The molecule has 2 aromatic rings. The highest BCUT2D eigenvalue weighted by molar-refractivity contribution is 5.58. The fourth-order valence-corrected chi connectivity index (χ4v) is 1.22. The first-order valence-corrected chi connectivity index (χ1v) is 4.37. The van der Waals surface area contributed by atoms with Crippen LogP contribution in [0, 0.1) is 6.26 Å². The molecule has 1 heterocycles. The molecule has 1 aromatic carbocycles. The van der Waals surface area contributed by atoms with E-state index in [0.29, 0.717) is 11.3 Å². The van der Waals surface area contributed by atoms with Crippen molar-refractivity contribution in [3.05, 3.63) is 42.7 Å². The fourth-order valence-electron chi connectivity index (χ4n) is 1.22. The molecule has 0 spiro atoms. The molecule has 0 aliphatic heterocycles. The van der Waals surface area contributed by atoms with Crippen LogP contribution in [0.3, 0.4) is 0 Å². The predicted octanol–water partition coefficient (Wildman–Crippen LogP) is 3.65. The second-order valence-electron chi connectivity index (χ2n) is 2.99. The first-order valence-electron chi connectivity index (χ1n) is 4.37. The molecule has 5 heteroatoms. The number of benzene rings is 1. The van der Waals surface area contributed by atoms with Crippen LogP contribution in [0.4, 0.5) is 13.2 Å². The summed E-state index contributed by atoms with van der Waals surface area (Å²) in [6, 6.07) is 8.66. The lowest BCUT2D eigenvalue weighted by molar-refractivity contribution is -0.274. The minimum atomic E-state index is -4.67. The molecule has 0 aliphatic carbocycles. The van der Waals surface area contributed by atoms with Gasteiger partial charge in [-0.2, -0.15) is 0 Å². The van der Waals surface area contributed by atoms with Crippen molar-refractivity contribution in [2.75, 3.05) is 0 Å². The topological polar surface area (TPSA) is 22.4 Å². The molecule has 0 bridgehead atoms. The van der Waals surface area contributed by atoms with Gasteiger partial charge in [0, 0.05) is 5.56 Å². The largest absolute Gasteiger partial charge is 0.573 e. The van der Waals surface area contributed by atoms with Gasteiger partial charge < -0.3 is 9.15 Å². The van der Waals surface area contributed by atoms with Gasteiger partial charge in [-0.3, -0.25) is 0 Å². The van der Waals surface area contributed by atoms with Gasteiger partial charge in [0.05, 0.1) is 0 Å². The number of hydrogen-bond acceptors (Lipinski definition) is 2. The molecule has 0 saturated heterocycles. The maximum absolute atomic E-state index is 11.9. The van der Waals surface area contributed by atoms with Crippen LogP contribution in [0.1, 0.15) is 0 Å². The number of rotatable bonds is 2. The zero-order valence-corrected chi connectivity index (χ0v) is 7.91. The molecule has 0 atom stereocenters. The van der Waals surface area contributed by atoms with Crippen molar-refractivity contribution in [3.63, 3.8) is 0 Å². The van der Waals surface area contributed by atoms with Gasteiger partial charge in [0.1, 0.15) is 11.5 Å². The van der Waals surface area contributed by atoms with Gasteiger partial charge in [-0.15, -0.1) is 13.2 Å². The van der Waals surface area contributed by atoms with Gasteiger partial charge in [-0.25, -0.2) is 0 Å². The summed E-state index contributed by atoms with van der Waals surface area (Å²) in [5, 5.41) is 0. The maximum atomic E-state index is 11.9. The summed E-state index contributed by atoms with van der Waals surface area (Å²) in [6.45, 7) is 0. The predicted molar refractivity (Wildman–Crippen MR) is 49.7 cm³/mol. The lowest BCUT2D eigenvalue weighted by Gasteiger charge is -2.08. The van der Waals surface area contributed by atoms with E-state index in [0.717, 1.165) is 0 Å². The zero-order valence-electron chi connectivity index (χ0n) is 7.91. The molecule has 16 heavy (non-hydrogen) atoms. The zero-order chi connectivity index (χ0) is 11.6. The fraction of sp³-hybridized carbons (Fsp3) is 0.0909. The van der Waals surface area contributed by atoms with Crippen molar-refractivity contribution < 1.29 is 22.3 Å². The van der Waals surface area contributed by atoms with Gasteiger partial charge in [-0.05, 0) is 36.4 Å². The second-order valence-corrected chi connectivity index (χ2v) is 2.99. The van der Waals surface area contributed by atoms with Crippen LogP contribution < -0.4 is 4.74 Å². The van der Waals surface area contributed by atoms with Gasteiger partial charge >= 0.3 is 6.36 Å². The molecule has 0 unspecified atom stereocenters. The van der Waals surface area contributed by atoms with E-state index in [2.05, 4.69) is 11.0 Å². The van der Waals surface area contributed by atoms with Crippen LogP contribution in [0.15, 0.2) is 40.8 Å². The molecule has 0 fully saturated rings. The standard InChI is InChI=1S/C11H6F3O2/c12-11(13,14)16-9-5-3-8(4-6-9)10-2-1-7-15-10/h1-6H. The number of halogens is 3. The summed E-state index contributed by atoms with van der Waals surface area (Å²) in [4.78, 5) is 0. The number of hydrogen-bond donors (Lipinski definition) is 0. The Labute approximate surface area is 89.3 Å². The Morgan fingerprint density at radius 2 is 1.75 bits per heavy atom. The molecule has 0 saturated carbocycles. The van der Waals surface area contributed by atoms with Gasteiger partial charge in [0.2, 0.25) is 0 Å². The minimum Gasteiger partial charge on any atom is -0.453 e. The quantitative estimate of drug-likeness (QED) is 0.781. The average Bonchev–Trinajstić information content (AvgIpc) is 2.69. The number of ether oxygens (including phenoxy) is 1. The summed E-state index contributed by atoms with van der Waals surface area (Å²) in [7, 11) is 0. The molecule has 1 aromatic heterocycles. The van der Waals surface area contributed by atoms with Crippen molar-refractivity contribution >= 4 is 0 Å². The molecule has 83 valence electrons. The van der Waals surface area contributed by atoms with Crippen molar-refractivity contribution in [1.82, 2.24) is 0 Å². The van der Waals surface area contributed by atoms with Crippen LogP contribution in [0.5, 0.6) is 5.75 Å². The molecule has 2 nitrogen and oxygen atoms in total. The Balaban J connectivity index is 2.17. The second kappa shape index (κ2) is 3.92. The molecule has 1 radical (unpaired) electrons. The van der Waals surface area contributed by atoms with E-state index in [4.69, 9.17) is 4.42 Å². The Morgan fingerprint density at radius 1 is 1.06 bits per heavy atom. The smallest absolute Gasteiger partial charge is 0.453 e. The third kappa shape index (κ3) is 2.56. The van der Waals surface area contributed by atoms with Crippen LogP contribution >= 0.6 is 0 Å². The Morgan fingerprint density at radius 3 is 2.25 bits per heavy atom. The number of alkyl halides is 3. The SMILES string of the molecule is FC(F)(F)Oc1ccc(-c2cc[c]o2)cc1. The Hall–Kier alpha value is -1.91. The summed E-state index contributed by atoms with van der Waals surface area (Å²) in [6.07, 6.45) is -2.17. The van der Waals surface area contributed by atoms with Crippen LogP contribution in [-0.4, -0.2) is 6.36 Å².